The lowest BCUT2D eigenvalue weighted by molar-refractivity contribution is 0.178. The number of aliphatic hydroxyl groups is 1. The van der Waals surface area contributed by atoms with Gasteiger partial charge in [0.2, 0.25) is 0 Å². The van der Waals surface area contributed by atoms with Crippen molar-refractivity contribution in [2.24, 2.45) is 10.9 Å². The molecule has 154 valence electrons. The van der Waals surface area contributed by atoms with E-state index >= 15 is 0 Å². The van der Waals surface area contributed by atoms with Gasteiger partial charge in [0.15, 0.2) is 5.96 Å². The van der Waals surface area contributed by atoms with E-state index in [9.17, 15) is 5.11 Å². The number of nitrogens with one attached hydrogen (secondary N) is 1. The van der Waals surface area contributed by atoms with Crippen molar-refractivity contribution in [2.45, 2.75) is 19.4 Å². The predicted molar refractivity (Wildman–Crippen MR) is 117 cm³/mol. The van der Waals surface area contributed by atoms with Crippen LogP contribution in [-0.2, 0) is 4.74 Å². The molecule has 0 saturated carbocycles. The zero-order chi connectivity index (χ0) is 18.9. The number of hydrogen-bond donors (Lipinski definition) is 2. The summed E-state index contributed by atoms with van der Waals surface area (Å²) in [5.41, 5.74) is 0.665. The zero-order valence-electron chi connectivity index (χ0n) is 16.6. The smallest absolute Gasteiger partial charge is 0.193 e. The van der Waals surface area contributed by atoms with Gasteiger partial charge in [0.25, 0.3) is 0 Å². The van der Waals surface area contributed by atoms with E-state index in [0.717, 1.165) is 38.7 Å². The Hall–Kier alpha value is -1.26. The Balaban J connectivity index is 0.00000364. The number of hydrogen-bond acceptors (Lipinski definition) is 5. The standard InChI is InChI=1S/C19H31N3O4.HI/c1-5-20-19(22(2)12-14-8-9-26-13-14)21-11-17(23)16-10-15(24-3)6-7-18(16)25-4;/h6-7,10,14,17,23H,5,8-9,11-13H2,1-4H3,(H,20,21);1H. The summed E-state index contributed by atoms with van der Waals surface area (Å²) in [6.07, 6.45) is 0.296. The molecule has 27 heavy (non-hydrogen) atoms. The lowest BCUT2D eigenvalue weighted by Crippen LogP contribution is -2.41. The Morgan fingerprint density at radius 3 is 2.78 bits per heavy atom. The third-order valence-corrected chi connectivity index (χ3v) is 4.46. The van der Waals surface area contributed by atoms with Crippen LogP contribution in [0.2, 0.25) is 0 Å². The van der Waals surface area contributed by atoms with Crippen LogP contribution in [0.4, 0.5) is 0 Å². The van der Waals surface area contributed by atoms with Crippen molar-refractivity contribution in [2.75, 3.05) is 54.1 Å². The zero-order valence-corrected chi connectivity index (χ0v) is 18.9. The Morgan fingerprint density at radius 1 is 1.41 bits per heavy atom. The minimum atomic E-state index is -0.781. The Bertz CT molecular complexity index is 594. The molecule has 0 aromatic heterocycles. The molecule has 0 amide bonds. The van der Waals surface area contributed by atoms with Crippen LogP contribution in [0.15, 0.2) is 23.2 Å². The summed E-state index contributed by atoms with van der Waals surface area (Å²) >= 11 is 0. The van der Waals surface area contributed by atoms with Crippen LogP contribution in [0.5, 0.6) is 11.5 Å². The van der Waals surface area contributed by atoms with Gasteiger partial charge in [0.1, 0.15) is 17.6 Å². The monoisotopic (exact) mass is 493 g/mol. The summed E-state index contributed by atoms with van der Waals surface area (Å²) in [6.45, 7) is 5.54. The van der Waals surface area contributed by atoms with Crippen LogP contribution in [0.25, 0.3) is 0 Å². The highest BCUT2D eigenvalue weighted by atomic mass is 127. The molecule has 1 saturated heterocycles. The molecule has 0 bridgehead atoms. The third kappa shape index (κ3) is 7.00. The predicted octanol–water partition coefficient (Wildman–Crippen LogP) is 2.29. The van der Waals surface area contributed by atoms with Gasteiger partial charge >= 0.3 is 0 Å². The highest BCUT2D eigenvalue weighted by molar-refractivity contribution is 14.0. The van der Waals surface area contributed by atoms with E-state index in [1.54, 1.807) is 32.4 Å². The first-order valence-electron chi connectivity index (χ1n) is 9.06. The molecule has 8 heteroatoms. The number of benzene rings is 1. The maximum Gasteiger partial charge on any atom is 0.193 e. The van der Waals surface area contributed by atoms with Gasteiger partial charge in [-0.25, -0.2) is 0 Å². The van der Waals surface area contributed by atoms with E-state index in [1.165, 1.54) is 0 Å². The fraction of sp³-hybridized carbons (Fsp3) is 0.632. The van der Waals surface area contributed by atoms with E-state index in [0.29, 0.717) is 23.0 Å². The van der Waals surface area contributed by atoms with Gasteiger partial charge in [-0.15, -0.1) is 24.0 Å². The molecule has 1 aromatic rings. The van der Waals surface area contributed by atoms with E-state index < -0.39 is 6.10 Å². The number of rotatable bonds is 8. The number of methoxy groups -OCH3 is 2. The van der Waals surface area contributed by atoms with Crippen molar-refractivity contribution in [1.82, 2.24) is 10.2 Å². The topological polar surface area (TPSA) is 75.6 Å². The molecule has 2 atom stereocenters. The van der Waals surface area contributed by atoms with Crippen LogP contribution >= 0.6 is 24.0 Å². The number of aliphatic hydroxyl groups excluding tert-OH is 1. The quantitative estimate of drug-likeness (QED) is 0.329. The normalized spacial score (nSPS) is 17.8. The fourth-order valence-corrected chi connectivity index (χ4v) is 3.04. The van der Waals surface area contributed by atoms with Crippen molar-refractivity contribution < 1.29 is 19.3 Å². The number of ether oxygens (including phenoxy) is 3. The first-order valence-corrected chi connectivity index (χ1v) is 9.06. The van der Waals surface area contributed by atoms with E-state index in [2.05, 4.69) is 15.2 Å². The molecule has 7 nitrogen and oxygen atoms in total. The summed E-state index contributed by atoms with van der Waals surface area (Å²) in [5, 5.41) is 13.9. The van der Waals surface area contributed by atoms with Crippen molar-refractivity contribution in [1.29, 1.82) is 0 Å². The fourth-order valence-electron chi connectivity index (χ4n) is 3.04. The largest absolute Gasteiger partial charge is 0.497 e. The van der Waals surface area contributed by atoms with E-state index in [-0.39, 0.29) is 30.5 Å². The van der Waals surface area contributed by atoms with Crippen LogP contribution < -0.4 is 14.8 Å². The van der Waals surface area contributed by atoms with Gasteiger partial charge in [0, 0.05) is 38.2 Å². The minimum absolute atomic E-state index is 0. The van der Waals surface area contributed by atoms with Crippen molar-refractivity contribution in [3.8, 4) is 11.5 Å². The summed E-state index contributed by atoms with van der Waals surface area (Å²) in [5.74, 6) is 2.59. The second-order valence-corrected chi connectivity index (χ2v) is 6.43. The van der Waals surface area contributed by atoms with Gasteiger partial charge in [0.05, 0.1) is 27.4 Å². The maximum atomic E-state index is 10.6. The second-order valence-electron chi connectivity index (χ2n) is 6.43. The summed E-state index contributed by atoms with van der Waals surface area (Å²) < 4.78 is 16.0. The minimum Gasteiger partial charge on any atom is -0.497 e. The van der Waals surface area contributed by atoms with Gasteiger partial charge < -0.3 is 29.5 Å². The number of guanidine groups is 1. The Morgan fingerprint density at radius 2 is 2.19 bits per heavy atom. The first-order chi connectivity index (χ1) is 12.6. The number of aliphatic imine (C=N–C) groups is 1. The lowest BCUT2D eigenvalue weighted by Gasteiger charge is -2.25. The highest BCUT2D eigenvalue weighted by Crippen LogP contribution is 2.29. The summed E-state index contributed by atoms with van der Waals surface area (Å²) in [7, 11) is 5.20. The van der Waals surface area contributed by atoms with Crippen molar-refractivity contribution in [3.63, 3.8) is 0 Å². The molecule has 1 aromatic carbocycles. The van der Waals surface area contributed by atoms with Crippen LogP contribution in [0.3, 0.4) is 0 Å². The van der Waals surface area contributed by atoms with Crippen molar-refractivity contribution >= 4 is 29.9 Å². The molecule has 1 aliphatic heterocycles. The van der Waals surface area contributed by atoms with Crippen LogP contribution in [0, 0.1) is 5.92 Å². The van der Waals surface area contributed by atoms with Gasteiger partial charge in [-0.2, -0.15) is 0 Å². The molecular weight excluding hydrogens is 461 g/mol. The molecule has 1 aliphatic rings. The summed E-state index contributed by atoms with van der Waals surface area (Å²) in [4.78, 5) is 6.70. The second kappa shape index (κ2) is 12.2. The Labute approximate surface area is 179 Å². The molecule has 1 fully saturated rings. The van der Waals surface area contributed by atoms with Gasteiger partial charge in [-0.1, -0.05) is 0 Å². The van der Waals surface area contributed by atoms with Crippen LogP contribution in [-0.4, -0.2) is 70.1 Å². The summed E-state index contributed by atoms with van der Waals surface area (Å²) in [6, 6.07) is 5.38. The van der Waals surface area contributed by atoms with Gasteiger partial charge in [-0.3, -0.25) is 4.99 Å². The average Bonchev–Trinajstić information content (AvgIpc) is 3.17. The molecule has 2 N–H and O–H groups in total. The van der Waals surface area contributed by atoms with E-state index in [4.69, 9.17) is 14.2 Å². The van der Waals surface area contributed by atoms with Gasteiger partial charge in [-0.05, 0) is 31.5 Å². The first kappa shape index (κ1) is 23.8. The molecular formula is C19H32IN3O4. The SMILES string of the molecule is CCNC(=NCC(O)c1cc(OC)ccc1OC)N(C)CC1CCOC1.I. The molecule has 2 rings (SSSR count). The molecule has 0 aliphatic carbocycles. The maximum absolute atomic E-state index is 10.6. The third-order valence-electron chi connectivity index (χ3n) is 4.46. The molecule has 1 heterocycles. The number of halogens is 1. The number of nitrogens with zero attached hydrogens (tertiary/aromatic N) is 2. The molecule has 2 unspecified atom stereocenters. The van der Waals surface area contributed by atoms with Crippen LogP contribution in [0.1, 0.15) is 25.0 Å². The van der Waals surface area contributed by atoms with Crippen molar-refractivity contribution in [3.05, 3.63) is 23.8 Å². The average molecular weight is 493 g/mol. The highest BCUT2D eigenvalue weighted by Gasteiger charge is 2.20. The van der Waals surface area contributed by atoms with E-state index in [1.807, 2.05) is 14.0 Å². The molecule has 0 spiro atoms. The molecule has 0 radical (unpaired) electrons. The Kier molecular flexibility index (Phi) is 10.8. The lowest BCUT2D eigenvalue weighted by atomic mass is 10.1.